The highest BCUT2D eigenvalue weighted by atomic mass is 28.4. The zero-order chi connectivity index (χ0) is 25.9. The maximum absolute atomic E-state index is 7.06. The first kappa shape index (κ1) is 30.6. The summed E-state index contributed by atoms with van der Waals surface area (Å²) in [5, 5.41) is 0.142. The van der Waals surface area contributed by atoms with Crippen LogP contribution in [-0.2, 0) is 4.43 Å². The Morgan fingerprint density at radius 2 is 0.969 bits per heavy atom. The average Bonchev–Trinajstić information content (AvgIpc) is 2.56. The van der Waals surface area contributed by atoms with Crippen LogP contribution >= 0.6 is 0 Å². The second-order valence-electron chi connectivity index (χ2n) is 15.4. The molecule has 0 N–H and O–H groups in total. The molecule has 0 amide bonds. The molecule has 0 bridgehead atoms. The summed E-state index contributed by atoms with van der Waals surface area (Å²) in [6.45, 7) is 43.9. The van der Waals surface area contributed by atoms with Gasteiger partial charge in [-0.1, -0.05) is 136 Å². The molecule has 1 nitrogen and oxygen atoms in total. The largest absolute Gasteiger partial charge is 0.412 e. The highest BCUT2D eigenvalue weighted by molar-refractivity contribution is 7.17. The molecule has 0 aromatic rings. The minimum absolute atomic E-state index is 0.142. The summed E-state index contributed by atoms with van der Waals surface area (Å²) >= 11 is 0. The van der Waals surface area contributed by atoms with Crippen molar-refractivity contribution in [3.05, 3.63) is 21.8 Å². The molecule has 0 fully saturated rings. The van der Waals surface area contributed by atoms with E-state index in [1.165, 1.54) is 0 Å². The van der Waals surface area contributed by atoms with Gasteiger partial charge in [0.2, 0.25) is 8.32 Å². The lowest BCUT2D eigenvalue weighted by Crippen LogP contribution is -2.67. The Kier molecular flexibility index (Phi) is 8.48. The van der Waals surface area contributed by atoms with Crippen LogP contribution in [0.25, 0.3) is 0 Å². The fourth-order valence-corrected chi connectivity index (χ4v) is 37.8. The van der Waals surface area contributed by atoms with E-state index in [0.717, 1.165) is 0 Å². The van der Waals surface area contributed by atoms with Crippen molar-refractivity contribution in [2.75, 3.05) is 7.11 Å². The minimum atomic E-state index is -2.37. The first-order valence-corrected chi connectivity index (χ1v) is 28.0. The number of allylic oxidation sites excluding steroid dienone is 2. The smallest absolute Gasteiger partial charge is 0.244 e. The third kappa shape index (κ3) is 4.54. The van der Waals surface area contributed by atoms with Gasteiger partial charge >= 0.3 is 0 Å². The standard InChI is InChI=1S/C26H58OSi5/c1-21(2)30(15,16)23-19-26(28(9,10)11,29(12,13)14)20-24(31(17,18)22(3)4)32(23,27-8)25(5,6)7/h19-22H,1-18H3. The first-order valence-electron chi connectivity index (χ1n) is 12.9. The molecule has 0 saturated carbocycles. The number of hydrogen-bond donors (Lipinski definition) is 0. The fraction of sp³-hybridized carbons (Fsp3) is 0.846. The predicted molar refractivity (Wildman–Crippen MR) is 163 cm³/mol. The predicted octanol–water partition coefficient (Wildman–Crippen LogP) is 9.59. The molecule has 32 heavy (non-hydrogen) atoms. The second kappa shape index (κ2) is 8.88. The summed E-state index contributed by atoms with van der Waals surface area (Å²) in [4.78, 5) is 3.69. The van der Waals surface area contributed by atoms with E-state index < -0.39 is 40.6 Å². The van der Waals surface area contributed by atoms with Crippen molar-refractivity contribution >= 4 is 40.6 Å². The maximum atomic E-state index is 7.06. The van der Waals surface area contributed by atoms with Gasteiger partial charge in [-0.3, -0.25) is 0 Å². The van der Waals surface area contributed by atoms with Crippen LogP contribution in [0, 0.1) is 0 Å². The molecule has 188 valence electrons. The van der Waals surface area contributed by atoms with Gasteiger partial charge in [0.05, 0.1) is 32.3 Å². The third-order valence-electron chi connectivity index (χ3n) is 9.62. The third-order valence-corrected chi connectivity index (χ3v) is 39.0. The molecule has 0 unspecified atom stereocenters. The summed E-state index contributed by atoms with van der Waals surface area (Å²) < 4.78 is 7.34. The SMILES string of the molecule is CO[Si]1(C(C)(C)C)C([Si](C)(C)C(C)C)=CC([Si](C)(C)C)([Si](C)(C)C)C=C1[Si](C)(C)C(C)C. The molecule has 0 aromatic heterocycles. The van der Waals surface area contributed by atoms with Gasteiger partial charge in [0, 0.05) is 7.11 Å². The summed E-state index contributed by atoms with van der Waals surface area (Å²) in [6.07, 6.45) is 5.87. The highest BCUT2D eigenvalue weighted by Gasteiger charge is 2.65. The van der Waals surface area contributed by atoms with E-state index in [9.17, 15) is 0 Å². The van der Waals surface area contributed by atoms with Crippen LogP contribution in [-0.4, -0.2) is 47.7 Å². The van der Waals surface area contributed by atoms with Crippen molar-refractivity contribution in [1.29, 1.82) is 0 Å². The number of hydrogen-bond acceptors (Lipinski definition) is 1. The van der Waals surface area contributed by atoms with E-state index in [4.69, 9.17) is 4.43 Å². The Morgan fingerprint density at radius 3 is 1.12 bits per heavy atom. The van der Waals surface area contributed by atoms with E-state index >= 15 is 0 Å². The second-order valence-corrected chi connectivity index (χ2v) is 42.1. The Morgan fingerprint density at radius 1 is 0.688 bits per heavy atom. The molecular formula is C26H58OSi5. The molecule has 0 aliphatic carbocycles. The molecular weight excluding hydrogens is 469 g/mol. The van der Waals surface area contributed by atoms with Crippen molar-refractivity contribution in [3.63, 3.8) is 0 Å². The van der Waals surface area contributed by atoms with Crippen LogP contribution in [0.15, 0.2) is 21.8 Å². The summed E-state index contributed by atoms with van der Waals surface area (Å²) in [7, 11) is -6.88. The Labute approximate surface area is 208 Å². The van der Waals surface area contributed by atoms with E-state index in [1.807, 2.05) is 9.64 Å². The van der Waals surface area contributed by atoms with E-state index in [1.54, 1.807) is 0 Å². The van der Waals surface area contributed by atoms with Gasteiger partial charge in [-0.15, -0.1) is 0 Å². The highest BCUT2D eigenvalue weighted by Crippen LogP contribution is 2.62. The van der Waals surface area contributed by atoms with Gasteiger partial charge in [-0.25, -0.2) is 0 Å². The molecule has 1 heterocycles. The minimum Gasteiger partial charge on any atom is -0.412 e. The van der Waals surface area contributed by atoms with Crippen molar-refractivity contribution in [1.82, 2.24) is 0 Å². The topological polar surface area (TPSA) is 9.23 Å². The Hall–Kier alpha value is 0.524. The van der Waals surface area contributed by atoms with Gasteiger partial charge in [-0.05, 0) is 20.8 Å². The van der Waals surface area contributed by atoms with Crippen LogP contribution in [0.5, 0.6) is 0 Å². The zero-order valence-electron chi connectivity index (χ0n) is 25.2. The number of rotatable bonds is 7. The molecule has 1 aliphatic rings. The van der Waals surface area contributed by atoms with Crippen LogP contribution in [0.3, 0.4) is 0 Å². The van der Waals surface area contributed by atoms with E-state index in [-0.39, 0.29) is 9.70 Å². The van der Waals surface area contributed by atoms with Gasteiger partial charge in [0.1, 0.15) is 0 Å². The molecule has 0 saturated heterocycles. The Balaban J connectivity index is 4.50. The van der Waals surface area contributed by atoms with Crippen LogP contribution in [0.2, 0.25) is 86.3 Å². The van der Waals surface area contributed by atoms with Crippen molar-refractivity contribution in [3.8, 4) is 0 Å². The van der Waals surface area contributed by atoms with Crippen LogP contribution in [0.4, 0.5) is 0 Å². The van der Waals surface area contributed by atoms with Crippen molar-refractivity contribution < 1.29 is 4.43 Å². The van der Waals surface area contributed by atoms with Crippen molar-refractivity contribution in [2.45, 2.75) is 135 Å². The summed E-state index contributed by atoms with van der Waals surface area (Å²) in [6, 6.07) is 0. The van der Waals surface area contributed by atoms with Crippen molar-refractivity contribution in [2.24, 2.45) is 0 Å². The van der Waals surface area contributed by atoms with Gasteiger partial charge in [0.15, 0.2) is 0 Å². The fourth-order valence-electron chi connectivity index (χ4n) is 6.07. The molecule has 0 spiro atoms. The van der Waals surface area contributed by atoms with Crippen LogP contribution < -0.4 is 0 Å². The summed E-state index contributed by atoms with van der Waals surface area (Å²) in [5.41, 5.74) is 1.42. The van der Waals surface area contributed by atoms with Gasteiger partial charge in [-0.2, -0.15) is 0 Å². The quantitative estimate of drug-likeness (QED) is 0.300. The summed E-state index contributed by atoms with van der Waals surface area (Å²) in [5.74, 6) is 0. The molecule has 0 radical (unpaired) electrons. The molecule has 0 atom stereocenters. The zero-order valence-corrected chi connectivity index (χ0v) is 30.2. The maximum Gasteiger partial charge on any atom is 0.244 e. The lowest BCUT2D eigenvalue weighted by molar-refractivity contribution is 0.379. The lowest BCUT2D eigenvalue weighted by atomic mass is 10.2. The first-order chi connectivity index (χ1) is 13.9. The monoisotopic (exact) mass is 526 g/mol. The molecule has 1 aliphatic heterocycles. The van der Waals surface area contributed by atoms with Gasteiger partial charge in [0.25, 0.3) is 0 Å². The van der Waals surface area contributed by atoms with Crippen LogP contribution in [0.1, 0.15) is 48.5 Å². The lowest BCUT2D eigenvalue weighted by Gasteiger charge is -2.61. The Bertz CT molecular complexity index is 699. The average molecular weight is 527 g/mol. The van der Waals surface area contributed by atoms with Gasteiger partial charge < -0.3 is 4.43 Å². The molecule has 1 rings (SSSR count). The van der Waals surface area contributed by atoms with E-state index in [2.05, 4.69) is 133 Å². The normalized spacial score (nSPS) is 20.5. The molecule has 6 heteroatoms. The van der Waals surface area contributed by atoms with E-state index in [0.29, 0.717) is 11.1 Å². The molecule has 0 aromatic carbocycles.